The Morgan fingerprint density at radius 1 is 1.20 bits per heavy atom. The molecule has 4 nitrogen and oxygen atoms in total. The van der Waals surface area contributed by atoms with E-state index in [1.54, 1.807) is 0 Å². The minimum Gasteiger partial charge on any atom is -0.321 e. The first-order valence-corrected chi connectivity index (χ1v) is 6.12. The second-order valence-electron chi connectivity index (χ2n) is 3.75. The summed E-state index contributed by atoms with van der Waals surface area (Å²) in [4.78, 5) is 19.0. The van der Waals surface area contributed by atoms with Crippen LogP contribution in [0.25, 0.3) is 0 Å². The van der Waals surface area contributed by atoms with Gasteiger partial charge in [0.05, 0.1) is 11.9 Å². The molecule has 0 aromatic carbocycles. The van der Waals surface area contributed by atoms with Crippen LogP contribution in [0.2, 0.25) is 0 Å². The predicted octanol–water partition coefficient (Wildman–Crippen LogP) is 3.51. The number of aromatic nitrogens is 2. The Morgan fingerprint density at radius 2 is 1.95 bits per heavy atom. The van der Waals surface area contributed by atoms with E-state index >= 15 is 0 Å². The third-order valence-electron chi connectivity index (χ3n) is 2.30. The second-order valence-corrected chi connectivity index (χ2v) is 4.56. The minimum atomic E-state index is -4.50. The maximum Gasteiger partial charge on any atom is 0.433 e. The minimum absolute atomic E-state index is 0.177. The van der Waals surface area contributed by atoms with Gasteiger partial charge in [0.15, 0.2) is 0 Å². The third kappa shape index (κ3) is 3.53. The molecule has 0 atom stereocenters. The van der Waals surface area contributed by atoms with E-state index in [1.807, 2.05) is 0 Å². The normalized spacial score (nSPS) is 11.2. The number of pyridine rings is 2. The Hall–Kier alpha value is -1.96. The van der Waals surface area contributed by atoms with Crippen LogP contribution in [0.15, 0.2) is 41.3 Å². The van der Waals surface area contributed by atoms with Crippen molar-refractivity contribution in [1.82, 2.24) is 9.97 Å². The monoisotopic (exact) mass is 345 g/mol. The van der Waals surface area contributed by atoms with Crippen LogP contribution in [-0.4, -0.2) is 15.9 Å². The molecule has 0 fully saturated rings. The largest absolute Gasteiger partial charge is 0.433 e. The number of alkyl halides is 3. The van der Waals surface area contributed by atoms with E-state index in [-0.39, 0.29) is 5.69 Å². The summed E-state index contributed by atoms with van der Waals surface area (Å²) < 4.78 is 37.5. The SMILES string of the molecule is O=C(Nc1ccc(C(F)(F)F)nc1)c1ccnc(Br)c1. The molecular formula is C12H7BrF3N3O. The average Bonchev–Trinajstić information content (AvgIpc) is 2.38. The van der Waals surface area contributed by atoms with Crippen molar-refractivity contribution in [3.05, 3.63) is 52.5 Å². The van der Waals surface area contributed by atoms with Crippen molar-refractivity contribution in [2.75, 3.05) is 5.32 Å². The Morgan fingerprint density at radius 3 is 2.50 bits per heavy atom. The zero-order valence-electron chi connectivity index (χ0n) is 9.78. The van der Waals surface area contributed by atoms with Crippen molar-refractivity contribution in [3.8, 4) is 0 Å². The van der Waals surface area contributed by atoms with Crippen LogP contribution in [-0.2, 0) is 6.18 Å². The topological polar surface area (TPSA) is 54.9 Å². The molecule has 2 aromatic rings. The van der Waals surface area contributed by atoms with Gasteiger partial charge < -0.3 is 5.32 Å². The van der Waals surface area contributed by atoms with Gasteiger partial charge >= 0.3 is 6.18 Å². The highest BCUT2D eigenvalue weighted by molar-refractivity contribution is 9.10. The maximum absolute atomic E-state index is 12.3. The standard InChI is InChI=1S/C12H7BrF3N3O/c13-10-5-7(3-4-17-10)11(20)19-8-1-2-9(18-6-8)12(14,15)16/h1-6H,(H,19,20). The number of rotatable bonds is 2. The van der Waals surface area contributed by atoms with Gasteiger partial charge in [0, 0.05) is 11.8 Å². The van der Waals surface area contributed by atoms with E-state index in [0.717, 1.165) is 18.3 Å². The molecule has 0 radical (unpaired) electrons. The van der Waals surface area contributed by atoms with Gasteiger partial charge in [0.25, 0.3) is 5.91 Å². The summed E-state index contributed by atoms with van der Waals surface area (Å²) in [6.45, 7) is 0. The summed E-state index contributed by atoms with van der Waals surface area (Å²) in [7, 11) is 0. The van der Waals surface area contributed by atoms with Gasteiger partial charge in [-0.25, -0.2) is 9.97 Å². The van der Waals surface area contributed by atoms with Gasteiger partial charge in [-0.05, 0) is 40.2 Å². The van der Waals surface area contributed by atoms with Crippen LogP contribution < -0.4 is 5.32 Å². The van der Waals surface area contributed by atoms with Gasteiger partial charge in [-0.15, -0.1) is 0 Å². The molecule has 0 saturated heterocycles. The smallest absolute Gasteiger partial charge is 0.321 e. The quantitative estimate of drug-likeness (QED) is 0.847. The summed E-state index contributed by atoms with van der Waals surface area (Å²) in [6, 6.07) is 4.92. The van der Waals surface area contributed by atoms with Crippen LogP contribution in [0.4, 0.5) is 18.9 Å². The van der Waals surface area contributed by atoms with Crippen LogP contribution in [0, 0.1) is 0 Å². The third-order valence-corrected chi connectivity index (χ3v) is 2.73. The molecule has 1 amide bonds. The van der Waals surface area contributed by atoms with Crippen LogP contribution >= 0.6 is 15.9 Å². The van der Waals surface area contributed by atoms with Crippen molar-refractivity contribution in [3.63, 3.8) is 0 Å². The van der Waals surface area contributed by atoms with Crippen molar-refractivity contribution >= 4 is 27.5 Å². The van der Waals surface area contributed by atoms with E-state index < -0.39 is 17.8 Å². The van der Waals surface area contributed by atoms with Crippen LogP contribution in [0.1, 0.15) is 16.1 Å². The highest BCUT2D eigenvalue weighted by Crippen LogP contribution is 2.27. The molecular weight excluding hydrogens is 339 g/mol. The lowest BCUT2D eigenvalue weighted by atomic mass is 10.2. The molecule has 0 aliphatic heterocycles. The van der Waals surface area contributed by atoms with Gasteiger partial charge in [0.1, 0.15) is 10.3 Å². The van der Waals surface area contributed by atoms with Crippen molar-refractivity contribution in [1.29, 1.82) is 0 Å². The Balaban J connectivity index is 2.12. The van der Waals surface area contributed by atoms with Gasteiger partial charge in [-0.3, -0.25) is 4.79 Å². The molecule has 0 aliphatic carbocycles. The number of carbonyl (C=O) groups is 1. The molecule has 0 bridgehead atoms. The highest BCUT2D eigenvalue weighted by Gasteiger charge is 2.32. The molecule has 2 heterocycles. The summed E-state index contributed by atoms with van der Waals surface area (Å²) in [5.74, 6) is -0.463. The number of amides is 1. The number of hydrogen-bond acceptors (Lipinski definition) is 3. The fraction of sp³-hybridized carbons (Fsp3) is 0.0833. The lowest BCUT2D eigenvalue weighted by molar-refractivity contribution is -0.141. The second kappa shape index (κ2) is 5.58. The summed E-state index contributed by atoms with van der Waals surface area (Å²) in [6.07, 6.45) is -2.11. The Bertz CT molecular complexity index is 629. The van der Waals surface area contributed by atoms with E-state index in [0.29, 0.717) is 10.2 Å². The lowest BCUT2D eigenvalue weighted by Crippen LogP contribution is -2.13. The Kier molecular flexibility index (Phi) is 4.03. The number of carbonyl (C=O) groups excluding carboxylic acids is 1. The molecule has 1 N–H and O–H groups in total. The van der Waals surface area contributed by atoms with E-state index in [4.69, 9.17) is 0 Å². The number of hydrogen-bond donors (Lipinski definition) is 1. The molecule has 104 valence electrons. The van der Waals surface area contributed by atoms with Crippen molar-refractivity contribution < 1.29 is 18.0 Å². The lowest BCUT2D eigenvalue weighted by Gasteiger charge is -2.08. The number of nitrogens with one attached hydrogen (secondary N) is 1. The van der Waals surface area contributed by atoms with Crippen molar-refractivity contribution in [2.45, 2.75) is 6.18 Å². The summed E-state index contributed by atoms with van der Waals surface area (Å²) in [5, 5.41) is 2.45. The number of anilines is 1. The maximum atomic E-state index is 12.3. The first-order valence-electron chi connectivity index (χ1n) is 5.32. The van der Waals surface area contributed by atoms with E-state index in [2.05, 4.69) is 31.2 Å². The molecule has 0 aliphatic rings. The zero-order valence-corrected chi connectivity index (χ0v) is 11.4. The summed E-state index contributed by atoms with van der Waals surface area (Å²) >= 11 is 3.12. The van der Waals surface area contributed by atoms with Crippen LogP contribution in [0.5, 0.6) is 0 Å². The van der Waals surface area contributed by atoms with Gasteiger partial charge in [-0.2, -0.15) is 13.2 Å². The Labute approximate surface area is 120 Å². The molecule has 20 heavy (non-hydrogen) atoms. The number of halogens is 4. The molecule has 2 rings (SSSR count). The molecule has 0 saturated carbocycles. The first kappa shape index (κ1) is 14.4. The molecule has 0 spiro atoms. The fourth-order valence-corrected chi connectivity index (χ4v) is 1.75. The number of nitrogens with zero attached hydrogens (tertiary/aromatic N) is 2. The predicted molar refractivity (Wildman–Crippen MR) is 69.1 cm³/mol. The van der Waals surface area contributed by atoms with Crippen molar-refractivity contribution in [2.24, 2.45) is 0 Å². The summed E-state index contributed by atoms with van der Waals surface area (Å²) in [5.41, 5.74) is -0.509. The fourth-order valence-electron chi connectivity index (χ4n) is 1.38. The molecule has 8 heteroatoms. The zero-order chi connectivity index (χ0) is 14.8. The highest BCUT2D eigenvalue weighted by atomic mass is 79.9. The van der Waals surface area contributed by atoms with Gasteiger partial charge in [0.2, 0.25) is 0 Å². The van der Waals surface area contributed by atoms with E-state index in [9.17, 15) is 18.0 Å². The molecule has 2 aromatic heterocycles. The van der Waals surface area contributed by atoms with Gasteiger partial charge in [-0.1, -0.05) is 0 Å². The molecule has 0 unspecified atom stereocenters. The van der Waals surface area contributed by atoms with Crippen LogP contribution in [0.3, 0.4) is 0 Å². The average molecular weight is 346 g/mol. The van der Waals surface area contributed by atoms with E-state index in [1.165, 1.54) is 18.3 Å². The first-order chi connectivity index (χ1) is 9.36.